The van der Waals surface area contributed by atoms with Crippen LogP contribution in [-0.4, -0.2) is 37.0 Å². The number of likely N-dealkylation sites (tertiary alicyclic amines) is 1. The van der Waals surface area contributed by atoms with Crippen molar-refractivity contribution in [2.24, 2.45) is 0 Å². The van der Waals surface area contributed by atoms with Gasteiger partial charge < -0.3 is 10.2 Å². The molecule has 0 radical (unpaired) electrons. The molecule has 1 saturated heterocycles. The number of carbonyl (C=O) groups is 1. The van der Waals surface area contributed by atoms with Crippen molar-refractivity contribution in [3.63, 3.8) is 0 Å². The lowest BCUT2D eigenvalue weighted by atomic mass is 10.2. The number of hydrogen-bond donors (Lipinski definition) is 1. The fourth-order valence-corrected chi connectivity index (χ4v) is 3.72. The van der Waals surface area contributed by atoms with Crippen molar-refractivity contribution in [1.29, 1.82) is 0 Å². The van der Waals surface area contributed by atoms with E-state index < -0.39 is 0 Å². The Morgan fingerprint density at radius 3 is 3.05 bits per heavy atom. The highest BCUT2D eigenvalue weighted by molar-refractivity contribution is 7.20. The van der Waals surface area contributed by atoms with Gasteiger partial charge in [0.25, 0.3) is 5.91 Å². The zero-order valence-electron chi connectivity index (χ0n) is 10.6. The van der Waals surface area contributed by atoms with Crippen molar-refractivity contribution in [3.05, 3.63) is 34.2 Å². The van der Waals surface area contributed by atoms with Crippen molar-refractivity contribution in [2.75, 3.05) is 20.1 Å². The van der Waals surface area contributed by atoms with Crippen LogP contribution in [0.15, 0.2) is 24.3 Å². The predicted octanol–water partition coefficient (Wildman–Crippen LogP) is 2.99. The third kappa shape index (κ3) is 2.61. The SMILES string of the molecule is CN1CC[C@H](NC(=O)c2cc3c(Cl)cccc3s2)C1. The Labute approximate surface area is 121 Å². The molecule has 5 heteroatoms. The number of benzene rings is 1. The van der Waals surface area contributed by atoms with Crippen LogP contribution in [0.4, 0.5) is 0 Å². The third-order valence-electron chi connectivity index (χ3n) is 3.46. The maximum absolute atomic E-state index is 12.2. The lowest BCUT2D eigenvalue weighted by molar-refractivity contribution is 0.0942. The molecule has 1 aromatic heterocycles. The molecule has 0 spiro atoms. The van der Waals surface area contributed by atoms with Crippen LogP contribution in [0, 0.1) is 0 Å². The first kappa shape index (κ1) is 12.9. The summed E-state index contributed by atoms with van der Waals surface area (Å²) in [6, 6.07) is 7.90. The van der Waals surface area contributed by atoms with Crippen molar-refractivity contribution in [2.45, 2.75) is 12.5 Å². The lowest BCUT2D eigenvalue weighted by Gasteiger charge is -2.11. The van der Waals surface area contributed by atoms with Crippen LogP contribution < -0.4 is 5.32 Å². The van der Waals surface area contributed by atoms with Crippen molar-refractivity contribution in [3.8, 4) is 0 Å². The van der Waals surface area contributed by atoms with Gasteiger partial charge in [0.1, 0.15) is 0 Å². The number of halogens is 1. The van der Waals surface area contributed by atoms with E-state index in [-0.39, 0.29) is 11.9 Å². The highest BCUT2D eigenvalue weighted by Crippen LogP contribution is 2.31. The molecule has 0 saturated carbocycles. The molecule has 0 unspecified atom stereocenters. The third-order valence-corrected chi connectivity index (χ3v) is 4.89. The van der Waals surface area contributed by atoms with Gasteiger partial charge in [-0.2, -0.15) is 0 Å². The minimum absolute atomic E-state index is 0.0116. The van der Waals surface area contributed by atoms with E-state index in [2.05, 4.69) is 17.3 Å². The molecule has 2 aromatic rings. The lowest BCUT2D eigenvalue weighted by Crippen LogP contribution is -2.36. The average molecular weight is 295 g/mol. The van der Waals surface area contributed by atoms with Crippen LogP contribution in [-0.2, 0) is 0 Å². The summed E-state index contributed by atoms with van der Waals surface area (Å²) < 4.78 is 1.06. The Hall–Kier alpha value is -1.10. The molecule has 0 bridgehead atoms. The van der Waals surface area contributed by atoms with Crippen LogP contribution in [0.1, 0.15) is 16.1 Å². The summed E-state index contributed by atoms with van der Waals surface area (Å²) in [5, 5.41) is 4.76. The summed E-state index contributed by atoms with van der Waals surface area (Å²) in [7, 11) is 2.07. The molecule has 1 fully saturated rings. The molecule has 2 heterocycles. The summed E-state index contributed by atoms with van der Waals surface area (Å²) in [6.07, 6.45) is 1.02. The second-order valence-electron chi connectivity index (χ2n) is 4.98. The Morgan fingerprint density at radius 2 is 2.37 bits per heavy atom. The monoisotopic (exact) mass is 294 g/mol. The molecule has 100 valence electrons. The zero-order valence-corrected chi connectivity index (χ0v) is 12.2. The molecule has 3 nitrogen and oxygen atoms in total. The van der Waals surface area contributed by atoms with E-state index in [0.29, 0.717) is 5.02 Å². The molecular formula is C14H15ClN2OS. The molecule has 3 rings (SSSR count). The van der Waals surface area contributed by atoms with Gasteiger partial charge in [-0.25, -0.2) is 0 Å². The topological polar surface area (TPSA) is 32.3 Å². The minimum Gasteiger partial charge on any atom is -0.347 e. The Bertz CT molecular complexity index is 625. The molecule has 19 heavy (non-hydrogen) atoms. The van der Waals surface area contributed by atoms with Crippen LogP contribution in [0.3, 0.4) is 0 Å². The number of amides is 1. The zero-order chi connectivity index (χ0) is 13.4. The van der Waals surface area contributed by atoms with Gasteiger partial charge in [0.2, 0.25) is 0 Å². The maximum atomic E-state index is 12.2. The number of rotatable bonds is 2. The molecule has 1 N–H and O–H groups in total. The normalized spacial score (nSPS) is 20.0. The summed E-state index contributed by atoms with van der Waals surface area (Å²) in [5.41, 5.74) is 0. The van der Waals surface area contributed by atoms with Crippen LogP contribution in [0.25, 0.3) is 10.1 Å². The summed E-state index contributed by atoms with van der Waals surface area (Å²) in [4.78, 5) is 15.2. The number of nitrogens with zero attached hydrogens (tertiary/aromatic N) is 1. The first-order chi connectivity index (χ1) is 9.13. The predicted molar refractivity (Wildman–Crippen MR) is 80.2 cm³/mol. The first-order valence-electron chi connectivity index (χ1n) is 6.31. The van der Waals surface area contributed by atoms with E-state index in [0.717, 1.165) is 34.5 Å². The van der Waals surface area contributed by atoms with E-state index in [4.69, 9.17) is 11.6 Å². The molecule has 1 aliphatic heterocycles. The Morgan fingerprint density at radius 1 is 1.53 bits per heavy atom. The molecule has 1 aromatic carbocycles. The van der Waals surface area contributed by atoms with Gasteiger partial charge >= 0.3 is 0 Å². The maximum Gasteiger partial charge on any atom is 0.261 e. The second-order valence-corrected chi connectivity index (χ2v) is 6.47. The van der Waals surface area contributed by atoms with Gasteiger partial charge in [-0.3, -0.25) is 4.79 Å². The number of hydrogen-bond acceptors (Lipinski definition) is 3. The van der Waals surface area contributed by atoms with Crippen LogP contribution in [0.2, 0.25) is 5.02 Å². The van der Waals surface area contributed by atoms with E-state index in [1.54, 1.807) is 0 Å². The minimum atomic E-state index is 0.0116. The fourth-order valence-electron chi connectivity index (χ4n) is 2.45. The van der Waals surface area contributed by atoms with Crippen LogP contribution in [0.5, 0.6) is 0 Å². The summed E-state index contributed by atoms with van der Waals surface area (Å²) in [6.45, 7) is 1.97. The first-order valence-corrected chi connectivity index (χ1v) is 7.50. The van der Waals surface area contributed by atoms with Gasteiger partial charge in [0, 0.05) is 27.7 Å². The van der Waals surface area contributed by atoms with E-state index in [9.17, 15) is 4.79 Å². The molecule has 1 aliphatic rings. The number of fused-ring (bicyclic) bond motifs is 1. The molecular weight excluding hydrogens is 280 g/mol. The van der Waals surface area contributed by atoms with Crippen molar-refractivity contribution >= 4 is 38.9 Å². The van der Waals surface area contributed by atoms with Crippen molar-refractivity contribution < 1.29 is 4.79 Å². The fraction of sp³-hybridized carbons (Fsp3) is 0.357. The molecule has 0 aliphatic carbocycles. The Kier molecular flexibility index (Phi) is 3.48. The van der Waals surface area contributed by atoms with E-state index in [1.807, 2.05) is 24.3 Å². The van der Waals surface area contributed by atoms with Crippen molar-refractivity contribution in [1.82, 2.24) is 10.2 Å². The highest BCUT2D eigenvalue weighted by Gasteiger charge is 2.22. The van der Waals surface area contributed by atoms with E-state index >= 15 is 0 Å². The van der Waals surface area contributed by atoms with Gasteiger partial charge in [-0.15, -0.1) is 11.3 Å². The van der Waals surface area contributed by atoms with Gasteiger partial charge in [0.05, 0.1) is 4.88 Å². The largest absolute Gasteiger partial charge is 0.347 e. The average Bonchev–Trinajstić information content (AvgIpc) is 2.96. The van der Waals surface area contributed by atoms with Gasteiger partial charge in [-0.05, 0) is 38.2 Å². The summed E-state index contributed by atoms with van der Waals surface area (Å²) in [5.74, 6) is 0.0116. The Balaban J connectivity index is 1.80. The van der Waals surface area contributed by atoms with E-state index in [1.165, 1.54) is 11.3 Å². The van der Waals surface area contributed by atoms with Crippen LogP contribution >= 0.6 is 22.9 Å². The number of carbonyl (C=O) groups excluding carboxylic acids is 1. The highest BCUT2D eigenvalue weighted by atomic mass is 35.5. The molecule has 1 amide bonds. The quantitative estimate of drug-likeness (QED) is 0.923. The standard InChI is InChI=1S/C14H15ClN2OS/c1-17-6-5-9(8-17)16-14(18)13-7-10-11(15)3-2-4-12(10)19-13/h2-4,7,9H,5-6,8H2,1H3,(H,16,18)/t9-/m0/s1. The number of thiophene rings is 1. The number of nitrogens with one attached hydrogen (secondary N) is 1. The van der Waals surface area contributed by atoms with Gasteiger partial charge in [0.15, 0.2) is 0 Å². The second kappa shape index (κ2) is 5.12. The molecule has 1 atom stereocenters. The summed E-state index contributed by atoms with van der Waals surface area (Å²) >= 11 is 7.63. The smallest absolute Gasteiger partial charge is 0.261 e. The van der Waals surface area contributed by atoms with Gasteiger partial charge in [-0.1, -0.05) is 17.7 Å². The number of likely N-dealkylation sites (N-methyl/N-ethyl adjacent to an activating group) is 1.